The van der Waals surface area contributed by atoms with Crippen LogP contribution in [0.1, 0.15) is 19.0 Å². The highest BCUT2D eigenvalue weighted by molar-refractivity contribution is 7.13. The second kappa shape index (κ2) is 5.76. The third-order valence-electron chi connectivity index (χ3n) is 3.53. The topological polar surface area (TPSA) is 58.4 Å². The number of rotatable bonds is 3. The van der Waals surface area contributed by atoms with Gasteiger partial charge in [-0.2, -0.15) is 0 Å². The van der Waals surface area contributed by atoms with Crippen LogP contribution >= 0.6 is 11.3 Å². The van der Waals surface area contributed by atoms with Crippen LogP contribution in [-0.4, -0.2) is 34.9 Å². The van der Waals surface area contributed by atoms with Crippen LogP contribution in [0.25, 0.3) is 10.6 Å². The molecular formula is C14H17N3O2S. The van der Waals surface area contributed by atoms with Crippen molar-refractivity contribution in [3.05, 3.63) is 29.7 Å². The Hall–Kier alpha value is -1.66. The molecule has 1 aliphatic rings. The number of hydrogen-bond donors (Lipinski definition) is 1. The summed E-state index contributed by atoms with van der Waals surface area (Å²) >= 11 is 1.60. The Morgan fingerprint density at radius 3 is 3.30 bits per heavy atom. The van der Waals surface area contributed by atoms with Crippen molar-refractivity contribution in [3.8, 4) is 10.6 Å². The number of nitrogens with zero attached hydrogens (tertiary/aromatic N) is 2. The van der Waals surface area contributed by atoms with Crippen molar-refractivity contribution >= 4 is 17.2 Å². The standard InChI is InChI=1S/C14H17N3O2S/c1-10-13(18)15-4-2-5-17(10)7-12-9-20-14(16-12)11-3-6-19-8-11/h3,6,8-10H,2,4-5,7H2,1H3,(H,15,18)/t10-/m0/s1. The zero-order valence-electron chi connectivity index (χ0n) is 11.3. The molecule has 6 heteroatoms. The summed E-state index contributed by atoms with van der Waals surface area (Å²) in [5.74, 6) is 0.104. The average molecular weight is 291 g/mol. The maximum absolute atomic E-state index is 11.8. The van der Waals surface area contributed by atoms with Crippen LogP contribution in [0.2, 0.25) is 0 Å². The fraction of sp³-hybridized carbons (Fsp3) is 0.429. The number of nitrogens with one attached hydrogen (secondary N) is 1. The Balaban J connectivity index is 1.72. The van der Waals surface area contributed by atoms with E-state index in [0.29, 0.717) is 6.54 Å². The predicted molar refractivity (Wildman–Crippen MR) is 77.3 cm³/mol. The quantitative estimate of drug-likeness (QED) is 0.941. The molecule has 3 heterocycles. The number of hydrogen-bond acceptors (Lipinski definition) is 5. The van der Waals surface area contributed by atoms with Gasteiger partial charge >= 0.3 is 0 Å². The van der Waals surface area contributed by atoms with Crippen molar-refractivity contribution in [1.29, 1.82) is 0 Å². The number of carbonyl (C=O) groups excluding carboxylic acids is 1. The van der Waals surface area contributed by atoms with Gasteiger partial charge in [0.1, 0.15) is 11.3 Å². The SMILES string of the molecule is C[C@H]1C(=O)NCCCN1Cc1csc(-c2ccoc2)n1. The minimum atomic E-state index is -0.100. The van der Waals surface area contributed by atoms with Gasteiger partial charge in [-0.1, -0.05) is 0 Å². The molecule has 0 aliphatic carbocycles. The number of thiazole rings is 1. The molecule has 0 spiro atoms. The van der Waals surface area contributed by atoms with Gasteiger partial charge < -0.3 is 9.73 Å². The van der Waals surface area contributed by atoms with Gasteiger partial charge in [0.25, 0.3) is 0 Å². The van der Waals surface area contributed by atoms with Gasteiger partial charge in [0, 0.05) is 30.6 Å². The Kier molecular flexibility index (Phi) is 3.84. The van der Waals surface area contributed by atoms with Crippen molar-refractivity contribution < 1.29 is 9.21 Å². The van der Waals surface area contributed by atoms with Crippen molar-refractivity contribution in [3.63, 3.8) is 0 Å². The van der Waals surface area contributed by atoms with Gasteiger partial charge in [-0.25, -0.2) is 4.98 Å². The van der Waals surface area contributed by atoms with E-state index in [1.807, 2.05) is 13.0 Å². The van der Waals surface area contributed by atoms with Gasteiger partial charge in [0.2, 0.25) is 5.91 Å². The number of furan rings is 1. The van der Waals surface area contributed by atoms with Crippen molar-refractivity contribution in [2.45, 2.75) is 25.9 Å². The number of aromatic nitrogens is 1. The first-order valence-electron chi connectivity index (χ1n) is 6.73. The summed E-state index contributed by atoms with van der Waals surface area (Å²) < 4.78 is 5.08. The van der Waals surface area contributed by atoms with Crippen LogP contribution in [0.3, 0.4) is 0 Å². The molecule has 1 atom stereocenters. The van der Waals surface area contributed by atoms with Gasteiger partial charge in [0.15, 0.2) is 0 Å². The Labute approximate surface area is 121 Å². The second-order valence-electron chi connectivity index (χ2n) is 4.95. The molecule has 0 unspecified atom stereocenters. The smallest absolute Gasteiger partial charge is 0.237 e. The van der Waals surface area contributed by atoms with E-state index in [9.17, 15) is 4.79 Å². The zero-order chi connectivity index (χ0) is 13.9. The minimum absolute atomic E-state index is 0.100. The molecule has 0 saturated carbocycles. The molecule has 2 aromatic rings. The molecule has 0 aromatic carbocycles. The average Bonchev–Trinajstić information content (AvgIpc) is 3.08. The van der Waals surface area contributed by atoms with E-state index in [1.165, 1.54) is 0 Å². The van der Waals surface area contributed by atoms with Crippen LogP contribution in [0.5, 0.6) is 0 Å². The summed E-state index contributed by atoms with van der Waals surface area (Å²) in [6.07, 6.45) is 4.33. The van der Waals surface area contributed by atoms with Crippen LogP contribution < -0.4 is 5.32 Å². The molecule has 1 amide bonds. The van der Waals surface area contributed by atoms with E-state index < -0.39 is 0 Å². The third-order valence-corrected chi connectivity index (χ3v) is 4.47. The van der Waals surface area contributed by atoms with Crippen molar-refractivity contribution in [1.82, 2.24) is 15.2 Å². The number of amides is 1. The van der Waals surface area contributed by atoms with Gasteiger partial charge in [-0.05, 0) is 19.4 Å². The Bertz CT molecular complexity index is 579. The van der Waals surface area contributed by atoms with E-state index in [1.54, 1.807) is 23.9 Å². The summed E-state index contributed by atoms with van der Waals surface area (Å²) in [6.45, 7) is 4.34. The molecule has 1 N–H and O–H groups in total. The molecule has 1 fully saturated rings. The van der Waals surface area contributed by atoms with Crippen LogP contribution in [0, 0.1) is 0 Å². The molecule has 0 bridgehead atoms. The fourth-order valence-corrected chi connectivity index (χ4v) is 3.12. The van der Waals surface area contributed by atoms with Gasteiger partial charge in [0.05, 0.1) is 18.0 Å². The molecule has 1 saturated heterocycles. The summed E-state index contributed by atoms with van der Waals surface area (Å²) in [5, 5.41) is 5.94. The van der Waals surface area contributed by atoms with Gasteiger partial charge in [-0.15, -0.1) is 11.3 Å². The monoisotopic (exact) mass is 291 g/mol. The molecular weight excluding hydrogens is 274 g/mol. The summed E-state index contributed by atoms with van der Waals surface area (Å²) in [7, 11) is 0. The Morgan fingerprint density at radius 2 is 2.50 bits per heavy atom. The van der Waals surface area contributed by atoms with E-state index >= 15 is 0 Å². The maximum atomic E-state index is 11.8. The summed E-state index contributed by atoms with van der Waals surface area (Å²) in [6, 6.07) is 1.81. The summed E-state index contributed by atoms with van der Waals surface area (Å²) in [4.78, 5) is 18.6. The molecule has 5 nitrogen and oxygen atoms in total. The largest absolute Gasteiger partial charge is 0.472 e. The lowest BCUT2D eigenvalue weighted by Crippen LogP contribution is -2.41. The minimum Gasteiger partial charge on any atom is -0.472 e. The first-order chi connectivity index (χ1) is 9.74. The number of carbonyl (C=O) groups is 1. The maximum Gasteiger partial charge on any atom is 0.237 e. The van der Waals surface area contributed by atoms with Crippen molar-refractivity contribution in [2.75, 3.05) is 13.1 Å². The van der Waals surface area contributed by atoms with E-state index in [4.69, 9.17) is 4.42 Å². The summed E-state index contributed by atoms with van der Waals surface area (Å²) in [5.41, 5.74) is 2.01. The lowest BCUT2D eigenvalue weighted by molar-refractivity contribution is -0.125. The Morgan fingerprint density at radius 1 is 1.60 bits per heavy atom. The highest BCUT2D eigenvalue weighted by Crippen LogP contribution is 2.25. The molecule has 2 aromatic heterocycles. The van der Waals surface area contributed by atoms with Crippen LogP contribution in [0.4, 0.5) is 0 Å². The van der Waals surface area contributed by atoms with E-state index in [-0.39, 0.29) is 11.9 Å². The van der Waals surface area contributed by atoms with Gasteiger partial charge in [-0.3, -0.25) is 9.69 Å². The first kappa shape index (κ1) is 13.3. The van der Waals surface area contributed by atoms with E-state index in [0.717, 1.165) is 35.8 Å². The fourth-order valence-electron chi connectivity index (χ4n) is 2.32. The molecule has 3 rings (SSSR count). The molecule has 1 aliphatic heterocycles. The van der Waals surface area contributed by atoms with Crippen molar-refractivity contribution in [2.24, 2.45) is 0 Å². The van der Waals surface area contributed by atoms with E-state index in [2.05, 4.69) is 20.6 Å². The zero-order valence-corrected chi connectivity index (χ0v) is 12.2. The normalized spacial score (nSPS) is 20.6. The molecule has 20 heavy (non-hydrogen) atoms. The lowest BCUT2D eigenvalue weighted by Gasteiger charge is -2.24. The predicted octanol–water partition coefficient (Wildman–Crippen LogP) is 2.11. The second-order valence-corrected chi connectivity index (χ2v) is 5.81. The highest BCUT2D eigenvalue weighted by Gasteiger charge is 2.24. The van der Waals surface area contributed by atoms with Crippen LogP contribution in [-0.2, 0) is 11.3 Å². The molecule has 0 radical (unpaired) electrons. The van der Waals surface area contributed by atoms with Crippen LogP contribution in [0.15, 0.2) is 28.4 Å². The first-order valence-corrected chi connectivity index (χ1v) is 7.61. The highest BCUT2D eigenvalue weighted by atomic mass is 32.1. The molecule has 106 valence electrons. The third kappa shape index (κ3) is 2.76. The lowest BCUT2D eigenvalue weighted by atomic mass is 10.2.